The molecule has 1 atom stereocenters. The fraction of sp³-hybridized carbons (Fsp3) is 0.581. The highest BCUT2D eigenvalue weighted by atomic mass is 16.6. The van der Waals surface area contributed by atoms with Crippen molar-refractivity contribution in [1.82, 2.24) is 0 Å². The monoisotopic (exact) mass is 1100 g/mol. The first-order chi connectivity index (χ1) is 39.5. The largest absolute Gasteiger partial charge is 0.462 e. The summed E-state index contributed by atoms with van der Waals surface area (Å²) in [7, 11) is 0. The van der Waals surface area contributed by atoms with Crippen LogP contribution in [-0.4, -0.2) is 37.2 Å². The van der Waals surface area contributed by atoms with Gasteiger partial charge in [-0.2, -0.15) is 0 Å². The van der Waals surface area contributed by atoms with Crippen LogP contribution in [0.15, 0.2) is 170 Å². The number of hydrogen-bond acceptors (Lipinski definition) is 6. The minimum atomic E-state index is -0.821. The summed E-state index contributed by atoms with van der Waals surface area (Å²) in [6, 6.07) is 0. The maximum absolute atomic E-state index is 12.9. The average molecular weight is 1100 g/mol. The molecule has 0 saturated heterocycles. The number of unbranched alkanes of at least 4 members (excludes halogenated alkanes) is 17. The van der Waals surface area contributed by atoms with Crippen molar-refractivity contribution in [2.45, 2.75) is 264 Å². The van der Waals surface area contributed by atoms with E-state index < -0.39 is 6.10 Å². The first-order valence-corrected chi connectivity index (χ1v) is 32.1. The Morgan fingerprint density at radius 1 is 0.263 bits per heavy atom. The Balaban J connectivity index is 4.40. The fourth-order valence-corrected chi connectivity index (χ4v) is 8.23. The molecule has 6 nitrogen and oxygen atoms in total. The van der Waals surface area contributed by atoms with Crippen LogP contribution in [0, 0.1) is 0 Å². The van der Waals surface area contributed by atoms with E-state index in [4.69, 9.17) is 14.2 Å². The molecular weight excluding hydrogens is 985 g/mol. The van der Waals surface area contributed by atoms with Gasteiger partial charge < -0.3 is 14.2 Å². The molecule has 0 aliphatic carbocycles. The lowest BCUT2D eigenvalue weighted by Gasteiger charge is -2.18. The molecule has 0 amide bonds. The van der Waals surface area contributed by atoms with Crippen LogP contribution in [0.2, 0.25) is 0 Å². The van der Waals surface area contributed by atoms with Crippen molar-refractivity contribution in [2.75, 3.05) is 13.2 Å². The van der Waals surface area contributed by atoms with Crippen LogP contribution in [0.3, 0.4) is 0 Å². The Morgan fingerprint density at radius 2 is 0.500 bits per heavy atom. The summed E-state index contributed by atoms with van der Waals surface area (Å²) < 4.78 is 16.8. The van der Waals surface area contributed by atoms with Gasteiger partial charge in [0.1, 0.15) is 13.2 Å². The van der Waals surface area contributed by atoms with E-state index >= 15 is 0 Å². The molecule has 0 aromatic carbocycles. The van der Waals surface area contributed by atoms with Crippen LogP contribution in [0.25, 0.3) is 0 Å². The van der Waals surface area contributed by atoms with Crippen molar-refractivity contribution in [3.05, 3.63) is 170 Å². The normalized spacial score (nSPS) is 13.3. The highest BCUT2D eigenvalue weighted by Crippen LogP contribution is 2.14. The summed E-state index contributed by atoms with van der Waals surface area (Å²) in [5.41, 5.74) is 0. The van der Waals surface area contributed by atoms with Crippen molar-refractivity contribution < 1.29 is 28.6 Å². The number of hydrogen-bond donors (Lipinski definition) is 0. The van der Waals surface area contributed by atoms with Gasteiger partial charge in [-0.25, -0.2) is 0 Å². The lowest BCUT2D eigenvalue weighted by molar-refractivity contribution is -0.167. The van der Waals surface area contributed by atoms with Gasteiger partial charge in [-0.05, 0) is 128 Å². The zero-order valence-corrected chi connectivity index (χ0v) is 51.3. The van der Waals surface area contributed by atoms with Gasteiger partial charge in [-0.15, -0.1) is 0 Å². The van der Waals surface area contributed by atoms with Gasteiger partial charge in [0.25, 0.3) is 0 Å². The average Bonchev–Trinajstić information content (AvgIpc) is 3.46. The summed E-state index contributed by atoms with van der Waals surface area (Å²) >= 11 is 0. The molecule has 80 heavy (non-hydrogen) atoms. The van der Waals surface area contributed by atoms with Crippen LogP contribution in [-0.2, 0) is 28.6 Å². The Hall–Kier alpha value is -5.23. The molecule has 448 valence electrons. The van der Waals surface area contributed by atoms with E-state index in [-0.39, 0.29) is 37.5 Å². The number of esters is 3. The van der Waals surface area contributed by atoms with E-state index in [0.29, 0.717) is 19.3 Å². The van der Waals surface area contributed by atoms with E-state index in [1.807, 2.05) is 0 Å². The third-order valence-electron chi connectivity index (χ3n) is 13.0. The molecule has 0 bridgehead atoms. The van der Waals surface area contributed by atoms with Gasteiger partial charge in [0.2, 0.25) is 0 Å². The molecule has 0 fully saturated rings. The van der Waals surface area contributed by atoms with Gasteiger partial charge in [-0.3, -0.25) is 14.4 Å². The lowest BCUT2D eigenvalue weighted by Crippen LogP contribution is -2.30. The van der Waals surface area contributed by atoms with E-state index in [1.54, 1.807) is 0 Å². The smallest absolute Gasteiger partial charge is 0.306 e. The summed E-state index contributed by atoms with van der Waals surface area (Å²) in [6.07, 6.45) is 97.9. The molecule has 0 radical (unpaired) electrons. The molecule has 0 aromatic heterocycles. The molecular formula is C74H116O6. The SMILES string of the molecule is CC/C=C\C/C=C\C/C=C\C/C=C\C/C=C\C/C=C\C/C=C\CCCCCCCCCC(=O)OCC(COC(=O)CCCCCCCCCCCC)OC(=O)CCC/C=C\C/C=C\C/C=C\C/C=C\C/C=C\C/C=C\C/C=C\CC. The van der Waals surface area contributed by atoms with Gasteiger partial charge in [0, 0.05) is 19.3 Å². The molecule has 0 spiro atoms. The highest BCUT2D eigenvalue weighted by molar-refractivity contribution is 5.71. The van der Waals surface area contributed by atoms with E-state index in [2.05, 4.69) is 191 Å². The minimum Gasteiger partial charge on any atom is -0.462 e. The Kier molecular flexibility index (Phi) is 61.9. The van der Waals surface area contributed by atoms with Crippen molar-refractivity contribution >= 4 is 17.9 Å². The summed E-state index contributed by atoms with van der Waals surface area (Å²) in [5, 5.41) is 0. The molecule has 0 N–H and O–H groups in total. The molecule has 0 aromatic rings. The van der Waals surface area contributed by atoms with E-state index in [1.165, 1.54) is 70.6 Å². The maximum Gasteiger partial charge on any atom is 0.306 e. The molecule has 0 heterocycles. The Labute approximate surface area is 492 Å². The first kappa shape index (κ1) is 74.8. The van der Waals surface area contributed by atoms with Crippen molar-refractivity contribution in [3.63, 3.8) is 0 Å². The quantitative estimate of drug-likeness (QED) is 0.0261. The zero-order valence-electron chi connectivity index (χ0n) is 51.3. The van der Waals surface area contributed by atoms with Crippen LogP contribution < -0.4 is 0 Å². The van der Waals surface area contributed by atoms with Crippen LogP contribution in [0.1, 0.15) is 258 Å². The minimum absolute atomic E-state index is 0.110. The Bertz CT molecular complexity index is 1840. The fourth-order valence-electron chi connectivity index (χ4n) is 8.23. The summed E-state index contributed by atoms with van der Waals surface area (Å²) in [4.78, 5) is 38.2. The Morgan fingerprint density at radius 3 is 0.800 bits per heavy atom. The third kappa shape index (κ3) is 63.6. The number of carbonyl (C=O) groups excluding carboxylic acids is 3. The van der Waals surface area contributed by atoms with Crippen LogP contribution >= 0.6 is 0 Å². The van der Waals surface area contributed by atoms with E-state index in [9.17, 15) is 14.4 Å². The van der Waals surface area contributed by atoms with Crippen LogP contribution in [0.4, 0.5) is 0 Å². The standard InChI is InChI=1S/C74H116O6/c1-4-7-10-13-16-19-22-24-26-28-30-32-34-35-36-37-38-39-41-42-44-46-48-50-52-55-58-61-64-67-73(76)79-70-71(69-78-72(75)66-63-60-57-54-21-18-15-12-9-6-3)80-74(77)68-65-62-59-56-53-51-49-47-45-43-40-33-31-29-27-25-23-20-17-14-11-8-5-2/h7-8,10-11,16-17,19-20,24-27,30-33,35-36,38-39,42-45,49,51,56,59,71H,4-6,9,12-15,18,21-23,28-29,34,37,40-41,46-48,50,52-55,57-58,60-70H2,1-3H3/b10-7-,11-8-,19-16-,20-17-,26-24-,27-25-,32-30-,33-31-,36-35-,39-38-,44-42-,45-43-,51-49-,59-56-. The van der Waals surface area contributed by atoms with Crippen molar-refractivity contribution in [2.24, 2.45) is 0 Å². The maximum atomic E-state index is 12.9. The van der Waals surface area contributed by atoms with Crippen molar-refractivity contribution in [3.8, 4) is 0 Å². The predicted molar refractivity (Wildman–Crippen MR) is 348 cm³/mol. The van der Waals surface area contributed by atoms with Crippen LogP contribution in [0.5, 0.6) is 0 Å². The molecule has 1 unspecified atom stereocenters. The number of ether oxygens (including phenoxy) is 3. The predicted octanol–water partition coefficient (Wildman–Crippen LogP) is 22.3. The second-order valence-corrected chi connectivity index (χ2v) is 20.6. The number of rotatable bonds is 56. The highest BCUT2D eigenvalue weighted by Gasteiger charge is 2.19. The topological polar surface area (TPSA) is 78.9 Å². The number of allylic oxidation sites excluding steroid dienone is 28. The zero-order chi connectivity index (χ0) is 57.8. The summed E-state index contributed by atoms with van der Waals surface area (Å²) in [6.45, 7) is 6.33. The molecule has 0 saturated carbocycles. The molecule has 0 rings (SSSR count). The van der Waals surface area contributed by atoms with Gasteiger partial charge in [0.15, 0.2) is 6.10 Å². The van der Waals surface area contributed by atoms with Crippen molar-refractivity contribution in [1.29, 1.82) is 0 Å². The van der Waals surface area contributed by atoms with Gasteiger partial charge in [-0.1, -0.05) is 281 Å². The van der Waals surface area contributed by atoms with E-state index in [0.717, 1.165) is 141 Å². The third-order valence-corrected chi connectivity index (χ3v) is 13.0. The second kappa shape index (κ2) is 66.3. The van der Waals surface area contributed by atoms with Gasteiger partial charge >= 0.3 is 17.9 Å². The first-order valence-electron chi connectivity index (χ1n) is 32.1. The van der Waals surface area contributed by atoms with Gasteiger partial charge in [0.05, 0.1) is 0 Å². The number of carbonyl (C=O) groups is 3. The molecule has 0 aliphatic rings. The molecule has 6 heteroatoms. The molecule has 0 aliphatic heterocycles. The lowest BCUT2D eigenvalue weighted by atomic mass is 10.1. The summed E-state index contributed by atoms with van der Waals surface area (Å²) in [5.74, 6) is -0.989. The second-order valence-electron chi connectivity index (χ2n) is 20.6.